The van der Waals surface area contributed by atoms with E-state index in [1.165, 1.54) is 12.1 Å². The molecule has 0 saturated carbocycles. The van der Waals surface area contributed by atoms with Gasteiger partial charge in [-0.15, -0.1) is 0 Å². The van der Waals surface area contributed by atoms with Crippen molar-refractivity contribution in [1.82, 2.24) is 10.2 Å². The van der Waals surface area contributed by atoms with Crippen LogP contribution < -0.4 is 5.32 Å². The first-order chi connectivity index (χ1) is 10.1. The van der Waals surface area contributed by atoms with Crippen LogP contribution in [-0.2, 0) is 4.79 Å². The summed E-state index contributed by atoms with van der Waals surface area (Å²) in [5.74, 6) is 0.905. The highest BCUT2D eigenvalue weighted by Gasteiger charge is 2.36. The van der Waals surface area contributed by atoms with E-state index in [0.29, 0.717) is 0 Å². The van der Waals surface area contributed by atoms with Gasteiger partial charge < -0.3 is 4.90 Å². The van der Waals surface area contributed by atoms with Crippen LogP contribution in [0.2, 0.25) is 0 Å². The molecule has 2 rings (SSSR count). The molecule has 7 heteroatoms. The average molecular weight is 309 g/mol. The van der Waals surface area contributed by atoms with E-state index in [9.17, 15) is 14.9 Å². The molecule has 0 bridgehead atoms. The second-order valence-electron chi connectivity index (χ2n) is 4.95. The third-order valence-corrected chi connectivity index (χ3v) is 4.35. The summed E-state index contributed by atoms with van der Waals surface area (Å²) in [6, 6.07) is 6.61. The zero-order valence-electron chi connectivity index (χ0n) is 12.1. The number of amides is 1. The molecule has 1 aliphatic rings. The van der Waals surface area contributed by atoms with Gasteiger partial charge >= 0.3 is 0 Å². The Balaban J connectivity index is 2.30. The monoisotopic (exact) mass is 309 g/mol. The summed E-state index contributed by atoms with van der Waals surface area (Å²) in [5, 5.41) is 14.1. The lowest BCUT2D eigenvalue weighted by Crippen LogP contribution is -2.40. The third-order valence-electron chi connectivity index (χ3n) is 3.63. The summed E-state index contributed by atoms with van der Waals surface area (Å²) < 4.78 is 0. The number of carbonyl (C=O) groups excluding carboxylic acids is 1. The van der Waals surface area contributed by atoms with Crippen LogP contribution in [0, 0.1) is 10.1 Å². The lowest BCUT2D eigenvalue weighted by molar-refractivity contribution is -0.385. The van der Waals surface area contributed by atoms with Crippen LogP contribution >= 0.6 is 11.8 Å². The maximum Gasteiger partial charge on any atom is 0.269 e. The molecule has 21 heavy (non-hydrogen) atoms. The summed E-state index contributed by atoms with van der Waals surface area (Å²) in [5.41, 5.74) is 0.807. The van der Waals surface area contributed by atoms with Gasteiger partial charge in [0.25, 0.3) is 5.69 Å². The van der Waals surface area contributed by atoms with Gasteiger partial charge in [0.2, 0.25) is 5.91 Å². The first-order valence-electron chi connectivity index (χ1n) is 6.86. The minimum atomic E-state index is -0.413. The number of carbonyl (C=O) groups is 1. The van der Waals surface area contributed by atoms with Gasteiger partial charge in [0.05, 0.1) is 11.5 Å². The zero-order chi connectivity index (χ0) is 15.4. The predicted molar refractivity (Wildman–Crippen MR) is 83.1 cm³/mol. The van der Waals surface area contributed by atoms with E-state index in [0.717, 1.165) is 17.7 Å². The number of nitrogens with zero attached hydrogens (tertiary/aromatic N) is 2. The van der Waals surface area contributed by atoms with E-state index in [4.69, 9.17) is 0 Å². The molecule has 1 N–H and O–H groups in total. The Labute approximate surface area is 128 Å². The number of hydrogen-bond donors (Lipinski definition) is 1. The fourth-order valence-corrected chi connectivity index (χ4v) is 3.39. The maximum atomic E-state index is 12.2. The van der Waals surface area contributed by atoms with Crippen LogP contribution in [0.15, 0.2) is 24.3 Å². The molecule has 0 aliphatic carbocycles. The van der Waals surface area contributed by atoms with Crippen LogP contribution in [0.25, 0.3) is 0 Å². The Morgan fingerprint density at radius 3 is 2.95 bits per heavy atom. The number of nitro groups is 1. The number of benzene rings is 1. The highest BCUT2D eigenvalue weighted by Crippen LogP contribution is 2.29. The topological polar surface area (TPSA) is 75.5 Å². The highest BCUT2D eigenvalue weighted by molar-refractivity contribution is 7.98. The van der Waals surface area contributed by atoms with Gasteiger partial charge in [0.1, 0.15) is 6.17 Å². The van der Waals surface area contributed by atoms with Crippen molar-refractivity contribution in [3.8, 4) is 0 Å². The third kappa shape index (κ3) is 3.36. The Hall–Kier alpha value is -1.60. The lowest BCUT2D eigenvalue weighted by Gasteiger charge is -2.32. The highest BCUT2D eigenvalue weighted by atomic mass is 32.2. The van der Waals surface area contributed by atoms with Gasteiger partial charge in [0.15, 0.2) is 0 Å². The van der Waals surface area contributed by atoms with Crippen molar-refractivity contribution in [2.75, 3.05) is 18.6 Å². The molecule has 2 unspecified atom stereocenters. The van der Waals surface area contributed by atoms with Crippen LogP contribution in [-0.4, -0.2) is 40.3 Å². The Morgan fingerprint density at radius 2 is 2.33 bits per heavy atom. The maximum absolute atomic E-state index is 12.2. The lowest BCUT2D eigenvalue weighted by atomic mass is 10.1. The van der Waals surface area contributed by atoms with E-state index < -0.39 is 4.92 Å². The second kappa shape index (κ2) is 6.91. The predicted octanol–water partition coefficient (Wildman–Crippen LogP) is 2.17. The van der Waals surface area contributed by atoms with E-state index in [1.807, 2.05) is 17.2 Å². The van der Waals surface area contributed by atoms with Crippen molar-refractivity contribution < 1.29 is 9.72 Å². The van der Waals surface area contributed by atoms with Crippen LogP contribution in [0.4, 0.5) is 5.69 Å². The number of rotatable bonds is 6. The van der Waals surface area contributed by atoms with Gasteiger partial charge in [-0.2, -0.15) is 11.8 Å². The van der Waals surface area contributed by atoms with Gasteiger partial charge in [-0.1, -0.05) is 19.1 Å². The normalized spacial score (nSPS) is 19.8. The second-order valence-corrected chi connectivity index (χ2v) is 5.86. The molecule has 6 nitrogen and oxygen atoms in total. The molecule has 0 spiro atoms. The number of thioether (sulfide) groups is 1. The molecular weight excluding hydrogens is 290 g/mol. The first-order valence-corrected chi connectivity index (χ1v) is 8.25. The van der Waals surface area contributed by atoms with Gasteiger partial charge in [-0.3, -0.25) is 20.2 Å². The molecule has 1 fully saturated rings. The standard InChI is InChI=1S/C14H19N3O3S/c1-3-11(9-21-2)16-13(18)8-15-14(16)10-5-4-6-12(7-10)17(19)20/h4-7,11,14-15H,3,8-9H2,1-2H3. The van der Waals surface area contributed by atoms with E-state index in [1.54, 1.807) is 17.8 Å². The van der Waals surface area contributed by atoms with Crippen LogP contribution in [0.5, 0.6) is 0 Å². The Morgan fingerprint density at radius 1 is 1.57 bits per heavy atom. The quantitative estimate of drug-likeness (QED) is 0.644. The van der Waals surface area contributed by atoms with E-state index in [-0.39, 0.29) is 30.3 Å². The molecule has 1 aromatic carbocycles. The van der Waals surface area contributed by atoms with Crippen molar-refractivity contribution in [3.05, 3.63) is 39.9 Å². The summed E-state index contributed by atoms with van der Waals surface area (Å²) in [4.78, 5) is 24.5. The van der Waals surface area contributed by atoms with Gasteiger partial charge in [-0.05, 0) is 18.2 Å². The summed E-state index contributed by atoms with van der Waals surface area (Å²) in [7, 11) is 0. The number of non-ortho nitro benzene ring substituents is 1. The Bertz CT molecular complexity index is 538. The molecule has 1 amide bonds. The van der Waals surface area contributed by atoms with E-state index in [2.05, 4.69) is 12.2 Å². The molecule has 0 radical (unpaired) electrons. The number of hydrogen-bond acceptors (Lipinski definition) is 5. The Kier molecular flexibility index (Phi) is 5.19. The van der Waals surface area contributed by atoms with Crippen molar-refractivity contribution in [1.29, 1.82) is 0 Å². The van der Waals surface area contributed by atoms with Crippen LogP contribution in [0.3, 0.4) is 0 Å². The van der Waals surface area contributed by atoms with Crippen molar-refractivity contribution in [2.24, 2.45) is 0 Å². The summed E-state index contributed by atoms with van der Waals surface area (Å²) in [6.07, 6.45) is 2.59. The average Bonchev–Trinajstić information content (AvgIpc) is 2.86. The molecule has 1 heterocycles. The van der Waals surface area contributed by atoms with Gasteiger partial charge in [0, 0.05) is 23.9 Å². The molecular formula is C14H19N3O3S. The molecule has 1 aliphatic heterocycles. The van der Waals surface area contributed by atoms with Crippen molar-refractivity contribution in [3.63, 3.8) is 0 Å². The molecule has 1 saturated heterocycles. The molecule has 2 atom stereocenters. The number of nitro benzene ring substituents is 1. The van der Waals surface area contributed by atoms with Gasteiger partial charge in [-0.25, -0.2) is 0 Å². The van der Waals surface area contributed by atoms with Crippen molar-refractivity contribution in [2.45, 2.75) is 25.6 Å². The minimum absolute atomic E-state index is 0.0477. The minimum Gasteiger partial charge on any atom is -0.318 e. The molecule has 114 valence electrons. The summed E-state index contributed by atoms with van der Waals surface area (Å²) in [6.45, 7) is 2.33. The molecule has 1 aromatic rings. The van der Waals surface area contributed by atoms with Crippen molar-refractivity contribution >= 4 is 23.4 Å². The fourth-order valence-electron chi connectivity index (χ4n) is 2.61. The zero-order valence-corrected chi connectivity index (χ0v) is 12.9. The smallest absolute Gasteiger partial charge is 0.269 e. The fraction of sp³-hybridized carbons (Fsp3) is 0.500. The van der Waals surface area contributed by atoms with E-state index >= 15 is 0 Å². The SMILES string of the molecule is CCC(CSC)N1C(=O)CNC1c1cccc([N+](=O)[O-])c1. The summed E-state index contributed by atoms with van der Waals surface area (Å²) >= 11 is 1.70. The van der Waals surface area contributed by atoms with Crippen LogP contribution in [0.1, 0.15) is 25.1 Å². The largest absolute Gasteiger partial charge is 0.318 e. The number of nitrogens with one attached hydrogen (secondary N) is 1. The molecule has 0 aromatic heterocycles. The first kappa shape index (κ1) is 15.8.